The van der Waals surface area contributed by atoms with Gasteiger partial charge in [0.05, 0.1) is 17.6 Å². The summed E-state index contributed by atoms with van der Waals surface area (Å²) in [6.07, 6.45) is 4.10. The Labute approximate surface area is 157 Å². The average Bonchev–Trinajstić information content (AvgIpc) is 3.01. The van der Waals surface area contributed by atoms with Gasteiger partial charge in [-0.3, -0.25) is 4.98 Å². The molecule has 4 rings (SSSR count). The van der Waals surface area contributed by atoms with Crippen LogP contribution in [0, 0.1) is 5.92 Å². The number of nitrogens with zero attached hydrogens (tertiary/aromatic N) is 4. The van der Waals surface area contributed by atoms with Crippen molar-refractivity contribution in [1.29, 1.82) is 0 Å². The van der Waals surface area contributed by atoms with Crippen LogP contribution >= 0.6 is 0 Å². The van der Waals surface area contributed by atoms with Crippen LogP contribution < -0.4 is 5.73 Å². The third-order valence-corrected chi connectivity index (χ3v) is 4.66. The number of hydrogen-bond donors (Lipinski definition) is 2. The molecule has 1 aromatic carbocycles. The Morgan fingerprint density at radius 2 is 2.00 bits per heavy atom. The Hall–Kier alpha value is -2.99. The van der Waals surface area contributed by atoms with E-state index in [1.54, 1.807) is 6.20 Å². The van der Waals surface area contributed by atoms with E-state index in [2.05, 4.69) is 40.5 Å². The van der Waals surface area contributed by atoms with Crippen molar-refractivity contribution in [2.45, 2.75) is 26.8 Å². The number of nitrogens with two attached hydrogens (primary N) is 1. The van der Waals surface area contributed by atoms with Gasteiger partial charge in [-0.25, -0.2) is 9.97 Å². The summed E-state index contributed by atoms with van der Waals surface area (Å²) >= 11 is 0. The Balaban J connectivity index is 1.99. The van der Waals surface area contributed by atoms with Gasteiger partial charge >= 0.3 is 0 Å². The number of aromatic nitrogens is 4. The van der Waals surface area contributed by atoms with Gasteiger partial charge in [-0.1, -0.05) is 32.0 Å². The molecule has 0 radical (unpaired) electrons. The van der Waals surface area contributed by atoms with E-state index in [0.29, 0.717) is 23.7 Å². The fraction of sp³-hybridized carbons (Fsp3) is 0.286. The highest BCUT2D eigenvalue weighted by atomic mass is 16.3. The van der Waals surface area contributed by atoms with E-state index in [0.717, 1.165) is 39.9 Å². The molecule has 0 bridgehead atoms. The topological polar surface area (TPSA) is 89.8 Å². The number of hydrogen-bond acceptors (Lipinski definition) is 5. The van der Waals surface area contributed by atoms with Crippen molar-refractivity contribution in [3.8, 4) is 11.1 Å². The molecule has 0 fully saturated rings. The van der Waals surface area contributed by atoms with E-state index in [-0.39, 0.29) is 6.61 Å². The first kappa shape index (κ1) is 17.4. The van der Waals surface area contributed by atoms with E-state index in [9.17, 15) is 5.11 Å². The van der Waals surface area contributed by atoms with Gasteiger partial charge in [-0.05, 0) is 23.6 Å². The van der Waals surface area contributed by atoms with Crippen molar-refractivity contribution in [2.24, 2.45) is 5.92 Å². The normalized spacial score (nSPS) is 11.7. The zero-order chi connectivity index (χ0) is 19.0. The van der Waals surface area contributed by atoms with Crippen LogP contribution in [-0.4, -0.2) is 31.2 Å². The summed E-state index contributed by atoms with van der Waals surface area (Å²) in [6, 6.07) is 10.1. The van der Waals surface area contributed by atoms with Crippen LogP contribution in [0.5, 0.6) is 0 Å². The van der Waals surface area contributed by atoms with Gasteiger partial charge in [-0.2, -0.15) is 0 Å². The lowest BCUT2D eigenvalue weighted by molar-refractivity contribution is 0.294. The van der Waals surface area contributed by atoms with E-state index in [1.807, 2.05) is 24.4 Å². The highest BCUT2D eigenvalue weighted by Gasteiger charge is 2.18. The molecule has 138 valence electrons. The number of imidazole rings is 1. The standard InChI is InChI=1S/C21H23N5O/c1-13(2)12-26-18(7-9-27)25-19-20(26)16-6-5-14(10-17(16)24-21(19)22)15-4-3-8-23-11-15/h3-6,8,10-11,13,27H,7,9,12H2,1-2H3,(H2,22,24). The maximum absolute atomic E-state index is 9.44. The summed E-state index contributed by atoms with van der Waals surface area (Å²) in [5.41, 5.74) is 10.9. The van der Waals surface area contributed by atoms with E-state index < -0.39 is 0 Å². The van der Waals surface area contributed by atoms with Crippen LogP contribution in [0.3, 0.4) is 0 Å². The van der Waals surface area contributed by atoms with E-state index >= 15 is 0 Å². The first-order valence-corrected chi connectivity index (χ1v) is 9.18. The van der Waals surface area contributed by atoms with Gasteiger partial charge < -0.3 is 15.4 Å². The Morgan fingerprint density at radius 1 is 1.15 bits per heavy atom. The number of pyridine rings is 2. The van der Waals surface area contributed by atoms with Crippen LogP contribution in [0.2, 0.25) is 0 Å². The molecule has 0 saturated carbocycles. The van der Waals surface area contributed by atoms with Gasteiger partial charge in [0.2, 0.25) is 0 Å². The van der Waals surface area contributed by atoms with Crippen molar-refractivity contribution in [3.63, 3.8) is 0 Å². The molecule has 0 aliphatic carbocycles. The molecular formula is C21H23N5O. The fourth-order valence-corrected chi connectivity index (χ4v) is 3.52. The van der Waals surface area contributed by atoms with Gasteiger partial charge in [0.15, 0.2) is 5.82 Å². The number of aliphatic hydroxyl groups excluding tert-OH is 1. The predicted octanol–water partition coefficient (Wildman–Crippen LogP) is 3.42. The predicted molar refractivity (Wildman–Crippen MR) is 108 cm³/mol. The van der Waals surface area contributed by atoms with Crippen molar-refractivity contribution in [1.82, 2.24) is 19.5 Å². The molecule has 3 heterocycles. The molecule has 0 unspecified atom stereocenters. The molecule has 6 heteroatoms. The zero-order valence-corrected chi connectivity index (χ0v) is 15.6. The van der Waals surface area contributed by atoms with Crippen LogP contribution in [-0.2, 0) is 13.0 Å². The van der Waals surface area contributed by atoms with E-state index in [1.165, 1.54) is 0 Å². The molecule has 27 heavy (non-hydrogen) atoms. The molecule has 0 amide bonds. The van der Waals surface area contributed by atoms with Crippen molar-refractivity contribution >= 4 is 27.8 Å². The maximum atomic E-state index is 9.44. The second-order valence-electron chi connectivity index (χ2n) is 7.17. The fourth-order valence-electron chi connectivity index (χ4n) is 3.52. The third-order valence-electron chi connectivity index (χ3n) is 4.66. The number of aliphatic hydroxyl groups is 1. The summed E-state index contributed by atoms with van der Waals surface area (Å²) in [5, 5.41) is 10.5. The summed E-state index contributed by atoms with van der Waals surface area (Å²) in [5.74, 6) is 1.71. The first-order valence-electron chi connectivity index (χ1n) is 9.18. The Bertz CT molecular complexity index is 1100. The minimum atomic E-state index is 0.0534. The van der Waals surface area contributed by atoms with Gasteiger partial charge in [-0.15, -0.1) is 0 Å². The third kappa shape index (κ3) is 3.13. The lowest BCUT2D eigenvalue weighted by Gasteiger charge is -2.13. The molecule has 0 aliphatic rings. The summed E-state index contributed by atoms with van der Waals surface area (Å²) in [4.78, 5) is 13.5. The zero-order valence-electron chi connectivity index (χ0n) is 15.6. The summed E-state index contributed by atoms with van der Waals surface area (Å²) < 4.78 is 2.18. The first-order chi connectivity index (χ1) is 13.1. The van der Waals surface area contributed by atoms with Crippen molar-refractivity contribution < 1.29 is 5.11 Å². The number of rotatable bonds is 5. The number of benzene rings is 1. The van der Waals surface area contributed by atoms with Crippen LogP contribution in [0.4, 0.5) is 5.82 Å². The monoisotopic (exact) mass is 361 g/mol. The molecule has 0 saturated heterocycles. The largest absolute Gasteiger partial charge is 0.396 e. The molecule has 4 aromatic rings. The smallest absolute Gasteiger partial charge is 0.152 e. The lowest BCUT2D eigenvalue weighted by atomic mass is 10.0. The average molecular weight is 361 g/mol. The number of fused-ring (bicyclic) bond motifs is 3. The quantitative estimate of drug-likeness (QED) is 0.568. The van der Waals surface area contributed by atoms with Crippen molar-refractivity contribution in [3.05, 3.63) is 48.5 Å². The molecule has 6 nitrogen and oxygen atoms in total. The van der Waals surface area contributed by atoms with E-state index in [4.69, 9.17) is 10.7 Å². The second kappa shape index (κ2) is 6.96. The number of anilines is 1. The van der Waals surface area contributed by atoms with Crippen molar-refractivity contribution in [2.75, 3.05) is 12.3 Å². The van der Waals surface area contributed by atoms with Crippen LogP contribution in [0.1, 0.15) is 19.7 Å². The van der Waals surface area contributed by atoms with Gasteiger partial charge in [0.1, 0.15) is 11.3 Å². The summed E-state index contributed by atoms with van der Waals surface area (Å²) in [6.45, 7) is 5.20. The van der Waals surface area contributed by atoms with Crippen LogP contribution in [0.25, 0.3) is 33.1 Å². The second-order valence-corrected chi connectivity index (χ2v) is 7.17. The van der Waals surface area contributed by atoms with Gasteiger partial charge in [0.25, 0.3) is 0 Å². The maximum Gasteiger partial charge on any atom is 0.152 e. The SMILES string of the molecule is CC(C)Cn1c(CCO)nc2c(N)nc3cc(-c4cccnc4)ccc3c21. The van der Waals surface area contributed by atoms with Crippen LogP contribution in [0.15, 0.2) is 42.7 Å². The minimum Gasteiger partial charge on any atom is -0.396 e. The number of nitrogen functional groups attached to an aromatic ring is 1. The lowest BCUT2D eigenvalue weighted by Crippen LogP contribution is -2.10. The molecular weight excluding hydrogens is 338 g/mol. The Morgan fingerprint density at radius 3 is 2.70 bits per heavy atom. The molecule has 3 aromatic heterocycles. The highest BCUT2D eigenvalue weighted by molar-refractivity contribution is 6.07. The minimum absolute atomic E-state index is 0.0534. The molecule has 0 spiro atoms. The molecule has 3 N–H and O–H groups in total. The molecule has 0 aliphatic heterocycles. The van der Waals surface area contributed by atoms with Gasteiger partial charge in [0, 0.05) is 36.3 Å². The Kier molecular flexibility index (Phi) is 4.49. The highest BCUT2D eigenvalue weighted by Crippen LogP contribution is 2.32. The molecule has 0 atom stereocenters. The summed E-state index contributed by atoms with van der Waals surface area (Å²) in [7, 11) is 0.